The van der Waals surface area contributed by atoms with Crippen LogP contribution in [0.4, 0.5) is 0 Å². The molecule has 3 aromatic rings. The molecule has 0 bridgehead atoms. The lowest BCUT2D eigenvalue weighted by Gasteiger charge is -2.26. The molecule has 0 aliphatic rings. The number of carboxylic acids is 1. The van der Waals surface area contributed by atoms with Crippen molar-refractivity contribution in [2.75, 3.05) is 14.2 Å². The summed E-state index contributed by atoms with van der Waals surface area (Å²) in [5.41, 5.74) is 2.46. The summed E-state index contributed by atoms with van der Waals surface area (Å²) in [4.78, 5) is 20.2. The standard InChI is InChI=1S/C24H30N4O4/c1-5-7-10-20-26-23(24(6-2,31-3)32-4)27-28(20)16-17-11-13-18(14-12-17)19-9-8-15-25-21(19)22(29)30/h8-9,11-15H,5-7,10,16H2,1-4H3,(H,29,30). The van der Waals surface area contributed by atoms with Gasteiger partial charge in [-0.1, -0.05) is 50.6 Å². The van der Waals surface area contributed by atoms with Crippen LogP contribution >= 0.6 is 0 Å². The molecule has 2 heterocycles. The fourth-order valence-electron chi connectivity index (χ4n) is 3.67. The average Bonchev–Trinajstić information content (AvgIpc) is 3.22. The van der Waals surface area contributed by atoms with Gasteiger partial charge in [-0.15, -0.1) is 5.10 Å². The summed E-state index contributed by atoms with van der Waals surface area (Å²) in [6.45, 7) is 4.66. The topological polar surface area (TPSA) is 99.4 Å². The van der Waals surface area contributed by atoms with Crippen LogP contribution in [0.15, 0.2) is 42.6 Å². The molecule has 8 nitrogen and oxygen atoms in total. The first kappa shape index (κ1) is 23.6. The normalized spacial score (nSPS) is 11.6. The van der Waals surface area contributed by atoms with Crippen LogP contribution in [-0.4, -0.2) is 45.0 Å². The first-order chi connectivity index (χ1) is 15.5. The van der Waals surface area contributed by atoms with E-state index in [9.17, 15) is 9.90 Å². The van der Waals surface area contributed by atoms with Crippen molar-refractivity contribution in [1.29, 1.82) is 0 Å². The second-order valence-corrected chi connectivity index (χ2v) is 7.53. The number of rotatable bonds is 11. The highest BCUT2D eigenvalue weighted by atomic mass is 16.7. The number of ether oxygens (including phenoxy) is 2. The molecule has 0 atom stereocenters. The quantitative estimate of drug-likeness (QED) is 0.446. The number of hydrogen-bond acceptors (Lipinski definition) is 6. The summed E-state index contributed by atoms with van der Waals surface area (Å²) >= 11 is 0. The molecule has 0 aliphatic heterocycles. The van der Waals surface area contributed by atoms with Gasteiger partial charge in [0.15, 0.2) is 5.69 Å². The van der Waals surface area contributed by atoms with Crippen LogP contribution < -0.4 is 0 Å². The van der Waals surface area contributed by atoms with Crippen LogP contribution in [0.2, 0.25) is 0 Å². The minimum atomic E-state index is -1.05. The Morgan fingerprint density at radius 1 is 1.12 bits per heavy atom. The van der Waals surface area contributed by atoms with Crippen LogP contribution in [0.3, 0.4) is 0 Å². The highest BCUT2D eigenvalue weighted by Gasteiger charge is 2.35. The molecule has 0 spiro atoms. The van der Waals surface area contributed by atoms with Gasteiger partial charge in [0, 0.05) is 38.8 Å². The Hall–Kier alpha value is -3.10. The summed E-state index contributed by atoms with van der Waals surface area (Å²) in [5, 5.41) is 14.1. The maximum atomic E-state index is 11.5. The van der Waals surface area contributed by atoms with E-state index in [2.05, 4.69) is 11.9 Å². The first-order valence-corrected chi connectivity index (χ1v) is 10.8. The van der Waals surface area contributed by atoms with Gasteiger partial charge in [-0.05, 0) is 23.6 Å². The van der Waals surface area contributed by atoms with E-state index in [-0.39, 0.29) is 5.69 Å². The Morgan fingerprint density at radius 2 is 1.84 bits per heavy atom. The molecule has 3 rings (SSSR count). The van der Waals surface area contributed by atoms with E-state index in [0.717, 1.165) is 36.2 Å². The third-order valence-electron chi connectivity index (χ3n) is 5.58. The van der Waals surface area contributed by atoms with Gasteiger partial charge in [0.2, 0.25) is 11.6 Å². The second kappa shape index (κ2) is 10.5. The molecule has 8 heteroatoms. The Balaban J connectivity index is 1.90. The van der Waals surface area contributed by atoms with Crippen molar-refractivity contribution in [2.45, 2.75) is 51.9 Å². The van der Waals surface area contributed by atoms with Crippen molar-refractivity contribution in [3.8, 4) is 11.1 Å². The number of aromatic nitrogens is 4. The van der Waals surface area contributed by atoms with Crippen LogP contribution in [0.1, 0.15) is 60.8 Å². The van der Waals surface area contributed by atoms with Gasteiger partial charge >= 0.3 is 5.97 Å². The number of carboxylic acid groups (broad SMARTS) is 1. The zero-order valence-corrected chi connectivity index (χ0v) is 19.0. The van der Waals surface area contributed by atoms with Crippen molar-refractivity contribution in [1.82, 2.24) is 19.7 Å². The van der Waals surface area contributed by atoms with Crippen molar-refractivity contribution in [3.63, 3.8) is 0 Å². The van der Waals surface area contributed by atoms with Gasteiger partial charge in [0.25, 0.3) is 0 Å². The van der Waals surface area contributed by atoms with Crippen molar-refractivity contribution in [2.24, 2.45) is 0 Å². The summed E-state index contributed by atoms with van der Waals surface area (Å²) in [7, 11) is 3.20. The first-order valence-electron chi connectivity index (χ1n) is 10.8. The van der Waals surface area contributed by atoms with Gasteiger partial charge in [0.05, 0.1) is 6.54 Å². The number of aromatic carboxylic acids is 1. The zero-order valence-electron chi connectivity index (χ0n) is 19.0. The van der Waals surface area contributed by atoms with Gasteiger partial charge in [-0.25, -0.2) is 19.4 Å². The van der Waals surface area contributed by atoms with Crippen molar-refractivity contribution >= 4 is 5.97 Å². The molecular weight excluding hydrogens is 408 g/mol. The SMILES string of the molecule is CCCCc1nc(C(CC)(OC)OC)nn1Cc1ccc(-c2cccnc2C(=O)O)cc1. The minimum absolute atomic E-state index is 0.0399. The number of unbranched alkanes of at least 4 members (excludes halogenated alkanes) is 1. The highest BCUT2D eigenvalue weighted by molar-refractivity contribution is 5.93. The van der Waals surface area contributed by atoms with E-state index in [0.29, 0.717) is 24.4 Å². The largest absolute Gasteiger partial charge is 0.476 e. The average molecular weight is 439 g/mol. The lowest BCUT2D eigenvalue weighted by molar-refractivity contribution is -0.222. The number of nitrogens with zero attached hydrogens (tertiary/aromatic N) is 4. The Bertz CT molecular complexity index is 1030. The molecule has 0 fully saturated rings. The smallest absolute Gasteiger partial charge is 0.355 e. The number of pyridine rings is 1. The molecule has 0 amide bonds. The van der Waals surface area contributed by atoms with Crippen LogP contribution in [0.5, 0.6) is 0 Å². The van der Waals surface area contributed by atoms with E-state index in [1.807, 2.05) is 35.9 Å². The highest BCUT2D eigenvalue weighted by Crippen LogP contribution is 2.28. The Morgan fingerprint density at radius 3 is 2.44 bits per heavy atom. The van der Waals surface area contributed by atoms with E-state index < -0.39 is 11.8 Å². The lowest BCUT2D eigenvalue weighted by Crippen LogP contribution is -2.31. The van der Waals surface area contributed by atoms with Gasteiger partial charge in [0.1, 0.15) is 5.82 Å². The molecule has 1 N–H and O–H groups in total. The predicted molar refractivity (Wildman–Crippen MR) is 120 cm³/mol. The third-order valence-corrected chi connectivity index (χ3v) is 5.58. The maximum Gasteiger partial charge on any atom is 0.355 e. The summed E-state index contributed by atoms with van der Waals surface area (Å²) in [6, 6.07) is 11.2. The molecule has 0 aliphatic carbocycles. The molecule has 0 radical (unpaired) electrons. The molecular formula is C24H30N4O4. The van der Waals surface area contributed by atoms with E-state index >= 15 is 0 Å². The Kier molecular flexibility index (Phi) is 7.71. The van der Waals surface area contributed by atoms with Crippen molar-refractivity contribution in [3.05, 3.63) is 65.5 Å². The van der Waals surface area contributed by atoms with Crippen LogP contribution in [-0.2, 0) is 28.2 Å². The minimum Gasteiger partial charge on any atom is -0.476 e. The summed E-state index contributed by atoms with van der Waals surface area (Å²) < 4.78 is 13.2. The molecule has 170 valence electrons. The molecule has 0 saturated heterocycles. The number of hydrogen-bond donors (Lipinski definition) is 1. The van der Waals surface area contributed by atoms with Gasteiger partial charge in [-0.3, -0.25) is 0 Å². The fraction of sp³-hybridized carbons (Fsp3) is 0.417. The van der Waals surface area contributed by atoms with Crippen LogP contribution in [0, 0.1) is 0 Å². The third kappa shape index (κ3) is 4.87. The summed E-state index contributed by atoms with van der Waals surface area (Å²) in [5.74, 6) is -0.604. The molecule has 1 aromatic carbocycles. The lowest BCUT2D eigenvalue weighted by atomic mass is 10.0. The molecule has 0 saturated carbocycles. The zero-order chi connectivity index (χ0) is 23.1. The number of methoxy groups -OCH3 is 2. The van der Waals surface area contributed by atoms with Crippen molar-refractivity contribution < 1.29 is 19.4 Å². The monoisotopic (exact) mass is 438 g/mol. The number of aryl methyl sites for hydroxylation is 1. The predicted octanol–water partition coefficient (Wildman–Crippen LogP) is 4.28. The molecule has 0 unspecified atom stereocenters. The van der Waals surface area contributed by atoms with Gasteiger partial charge in [-0.2, -0.15) is 0 Å². The fourth-order valence-corrected chi connectivity index (χ4v) is 3.67. The Labute approximate surface area is 188 Å². The molecule has 2 aromatic heterocycles. The van der Waals surface area contributed by atoms with E-state index in [1.54, 1.807) is 26.4 Å². The van der Waals surface area contributed by atoms with E-state index in [4.69, 9.17) is 19.6 Å². The number of benzene rings is 1. The summed E-state index contributed by atoms with van der Waals surface area (Å²) in [6.07, 6.45) is 4.95. The number of carbonyl (C=O) groups is 1. The van der Waals surface area contributed by atoms with Gasteiger partial charge < -0.3 is 14.6 Å². The van der Waals surface area contributed by atoms with Crippen LogP contribution in [0.25, 0.3) is 11.1 Å². The second-order valence-electron chi connectivity index (χ2n) is 7.53. The maximum absolute atomic E-state index is 11.5. The van der Waals surface area contributed by atoms with E-state index in [1.165, 1.54) is 6.20 Å². The molecule has 32 heavy (non-hydrogen) atoms.